The summed E-state index contributed by atoms with van der Waals surface area (Å²) in [4.78, 5) is 0. The number of hydrogen-bond donors (Lipinski definition) is 0. The average molecular weight is 1700 g/mol. The molecule has 0 fully saturated rings. The van der Waals surface area contributed by atoms with Gasteiger partial charge in [0.25, 0.3) is 0 Å². The van der Waals surface area contributed by atoms with E-state index in [2.05, 4.69) is 259 Å². The van der Waals surface area contributed by atoms with Gasteiger partial charge in [0.15, 0.2) is 0 Å². The van der Waals surface area contributed by atoms with Gasteiger partial charge in [-0.1, -0.05) is 390 Å². The molecule has 122 heavy (non-hydrogen) atoms. The van der Waals surface area contributed by atoms with E-state index in [4.69, 9.17) is 0 Å². The highest BCUT2D eigenvalue weighted by Gasteiger charge is 2.12. The second-order valence-corrected chi connectivity index (χ2v) is 41.7. The van der Waals surface area contributed by atoms with Crippen molar-refractivity contribution in [1.82, 2.24) is 90.0 Å². The minimum atomic E-state index is 0.730. The Morgan fingerprint density at radius 3 is 0.607 bits per heavy atom. The van der Waals surface area contributed by atoms with Crippen molar-refractivity contribution in [3.63, 3.8) is 0 Å². The first-order valence-corrected chi connectivity index (χ1v) is 51.8. The predicted molar refractivity (Wildman–Crippen MR) is 524 cm³/mol. The molecule has 0 aliphatic heterocycles. The molecular weight excluding hydrogens is 1500 g/mol. The van der Waals surface area contributed by atoms with Crippen LogP contribution in [0.4, 0.5) is 0 Å². The standard InChI is InChI=1S/4C18H35N3.2C16H31N3/c2*1-16(2)11-8-6-5-7-9-13-18-15-19-20-21(18)14-10-12-17(3)4;2*1-16(2)11-9-7-5-6-8-10-12-18-15-19-20-21(18)14-13-17(3)4;2*1-14(2)9-7-5-6-8-12-19-13-16(17-18-19)11-10-15(3)4/h4*15-17H,5-14H2,1-4H3;2*13-15H,5-12H2,1-4H3. The fourth-order valence-corrected chi connectivity index (χ4v) is 15.0. The Kier molecular flexibility index (Phi) is 72.5. The molecule has 0 saturated carbocycles. The van der Waals surface area contributed by atoms with Gasteiger partial charge in [0.05, 0.1) is 59.0 Å². The van der Waals surface area contributed by atoms with Crippen LogP contribution in [0.2, 0.25) is 0 Å². The molecule has 6 aromatic rings. The van der Waals surface area contributed by atoms with E-state index in [1.54, 1.807) is 0 Å². The number of rotatable bonds is 68. The molecule has 18 heteroatoms. The molecule has 0 spiro atoms. The first kappa shape index (κ1) is 115. The van der Waals surface area contributed by atoms with Gasteiger partial charge in [-0.3, -0.25) is 9.36 Å². The second-order valence-electron chi connectivity index (χ2n) is 41.7. The SMILES string of the molecule is CC(C)CCCCCCCCc1cnnn1CCC(C)C.CC(C)CCCCCCCCc1cnnn1CCC(C)C.CC(C)CCCCCCCc1cnnn1CCCC(C)C.CC(C)CCCCCCCc1cnnn1CCCC(C)C.CC(C)CCCCCCn1cc(CCC(C)C)nn1.CC(C)CCCCCCn1cc(CCC(C)C)nn1. The molecule has 6 rings (SSSR count). The van der Waals surface area contributed by atoms with Gasteiger partial charge in [0, 0.05) is 51.7 Å². The lowest BCUT2D eigenvalue weighted by Gasteiger charge is -2.08. The number of aryl methyl sites for hydroxylation is 12. The molecule has 708 valence electrons. The molecule has 0 N–H and O–H groups in total. The van der Waals surface area contributed by atoms with Crippen LogP contribution in [-0.4, -0.2) is 90.0 Å². The van der Waals surface area contributed by atoms with E-state index in [0.29, 0.717) is 0 Å². The summed E-state index contributed by atoms with van der Waals surface area (Å²) in [7, 11) is 0. The molecule has 0 bridgehead atoms. The molecule has 0 saturated heterocycles. The predicted octanol–water partition coefficient (Wildman–Crippen LogP) is 30.0. The number of hydrogen-bond acceptors (Lipinski definition) is 12. The number of nitrogens with zero attached hydrogens (tertiary/aromatic N) is 18. The molecule has 0 amide bonds. The zero-order valence-corrected chi connectivity index (χ0v) is 85.0. The Hall–Kier alpha value is -5.16. The van der Waals surface area contributed by atoms with E-state index in [1.807, 2.05) is 34.2 Å². The normalized spacial score (nSPS) is 11.7. The van der Waals surface area contributed by atoms with Crippen LogP contribution in [0.15, 0.2) is 37.2 Å². The van der Waals surface area contributed by atoms with E-state index in [-0.39, 0.29) is 0 Å². The maximum Gasteiger partial charge on any atom is 0.0827 e. The quantitative estimate of drug-likeness (QED) is 0.0330. The molecule has 0 aromatic carbocycles. The Morgan fingerprint density at radius 1 is 0.180 bits per heavy atom. The largest absolute Gasteiger partial charge is 0.252 e. The third-order valence-electron chi connectivity index (χ3n) is 23.3. The average Bonchev–Trinajstić information content (AvgIpc) is 1.79. The van der Waals surface area contributed by atoms with Crippen LogP contribution in [-0.2, 0) is 77.8 Å². The van der Waals surface area contributed by atoms with Crippen molar-refractivity contribution in [2.75, 3.05) is 0 Å². The van der Waals surface area contributed by atoms with Gasteiger partial charge in [-0.25, -0.2) is 18.7 Å². The minimum Gasteiger partial charge on any atom is -0.252 e. The smallest absolute Gasteiger partial charge is 0.0827 e. The molecule has 0 unspecified atom stereocenters. The van der Waals surface area contributed by atoms with Crippen molar-refractivity contribution in [3.05, 3.63) is 71.3 Å². The molecule has 0 aliphatic rings. The Balaban J connectivity index is 0.000000732. The molecule has 6 aromatic heterocycles. The Morgan fingerprint density at radius 2 is 0.377 bits per heavy atom. The van der Waals surface area contributed by atoms with Gasteiger partial charge in [-0.2, -0.15) is 0 Å². The lowest BCUT2D eigenvalue weighted by Crippen LogP contribution is -2.07. The third-order valence-corrected chi connectivity index (χ3v) is 23.3. The van der Waals surface area contributed by atoms with Crippen molar-refractivity contribution >= 4 is 0 Å². The molecule has 6 heterocycles. The summed E-state index contributed by atoms with van der Waals surface area (Å²) in [6.45, 7) is 61.0. The van der Waals surface area contributed by atoms with Crippen molar-refractivity contribution in [3.8, 4) is 0 Å². The Labute approximate surface area is 754 Å². The van der Waals surface area contributed by atoms with E-state index >= 15 is 0 Å². The van der Waals surface area contributed by atoms with E-state index < -0.39 is 0 Å². The lowest BCUT2D eigenvalue weighted by atomic mass is 10.0. The van der Waals surface area contributed by atoms with E-state index in [9.17, 15) is 0 Å². The van der Waals surface area contributed by atoms with Gasteiger partial charge < -0.3 is 0 Å². The molecule has 18 nitrogen and oxygen atoms in total. The third kappa shape index (κ3) is 70.9. The highest BCUT2D eigenvalue weighted by atomic mass is 15.4. The zero-order valence-electron chi connectivity index (χ0n) is 85.0. The highest BCUT2D eigenvalue weighted by Crippen LogP contribution is 2.21. The van der Waals surface area contributed by atoms with E-state index in [1.165, 1.54) is 305 Å². The molecular formula is C104H202N18. The summed E-state index contributed by atoms with van der Waals surface area (Å²) in [6, 6.07) is 0. The first-order chi connectivity index (χ1) is 58.5. The zero-order chi connectivity index (χ0) is 90.2. The maximum atomic E-state index is 4.24. The summed E-state index contributed by atoms with van der Waals surface area (Å²) in [5.74, 6) is 9.64. The molecule has 0 radical (unpaired) electrons. The van der Waals surface area contributed by atoms with Crippen LogP contribution in [0.25, 0.3) is 0 Å². The van der Waals surface area contributed by atoms with Crippen LogP contribution >= 0.6 is 0 Å². The monoisotopic (exact) mass is 1700 g/mol. The maximum absolute atomic E-state index is 4.24. The van der Waals surface area contributed by atoms with Crippen molar-refractivity contribution < 1.29 is 0 Å². The minimum absolute atomic E-state index is 0.730. The van der Waals surface area contributed by atoms with E-state index in [0.717, 1.165) is 160 Å². The van der Waals surface area contributed by atoms with Crippen LogP contribution in [0.3, 0.4) is 0 Å². The summed E-state index contributed by atoms with van der Waals surface area (Å²) in [5.41, 5.74) is 7.56. The van der Waals surface area contributed by atoms with Gasteiger partial charge in [-0.05, 0) is 199 Å². The summed E-state index contributed by atoms with van der Waals surface area (Å²) >= 11 is 0. The van der Waals surface area contributed by atoms with Gasteiger partial charge in [0.2, 0.25) is 0 Å². The van der Waals surface area contributed by atoms with Crippen molar-refractivity contribution in [2.45, 2.75) is 526 Å². The van der Waals surface area contributed by atoms with Crippen LogP contribution in [0.5, 0.6) is 0 Å². The number of aromatic nitrogens is 18. The summed E-state index contributed by atoms with van der Waals surface area (Å²) in [6.07, 6.45) is 77.3. The van der Waals surface area contributed by atoms with Gasteiger partial charge in [0.1, 0.15) is 0 Å². The van der Waals surface area contributed by atoms with Crippen molar-refractivity contribution in [1.29, 1.82) is 0 Å². The lowest BCUT2D eigenvalue weighted by molar-refractivity contribution is 0.463. The van der Waals surface area contributed by atoms with Crippen LogP contribution in [0.1, 0.15) is 483 Å². The first-order valence-electron chi connectivity index (χ1n) is 51.8. The summed E-state index contributed by atoms with van der Waals surface area (Å²) < 4.78 is 12.4. The second kappa shape index (κ2) is 77.0. The van der Waals surface area contributed by atoms with Crippen molar-refractivity contribution in [2.24, 2.45) is 71.0 Å². The summed E-state index contributed by atoms with van der Waals surface area (Å²) in [5, 5.41) is 50.1. The fraction of sp³-hybridized carbons (Fsp3) is 0.885. The van der Waals surface area contributed by atoms with Crippen LogP contribution in [0, 0.1) is 71.0 Å². The highest BCUT2D eigenvalue weighted by molar-refractivity contribution is 4.98. The fourth-order valence-electron chi connectivity index (χ4n) is 15.0. The van der Waals surface area contributed by atoms with Gasteiger partial charge >= 0.3 is 0 Å². The molecule has 0 atom stereocenters. The topological polar surface area (TPSA) is 184 Å². The van der Waals surface area contributed by atoms with Crippen LogP contribution < -0.4 is 0 Å². The van der Waals surface area contributed by atoms with Gasteiger partial charge in [-0.15, -0.1) is 30.6 Å². The Bertz CT molecular complexity index is 2940. The number of unbranched alkanes of at least 4 members (excludes halogenated alkanes) is 24. The molecule has 0 aliphatic carbocycles.